The van der Waals surface area contributed by atoms with E-state index in [9.17, 15) is 9.59 Å². The van der Waals surface area contributed by atoms with Gasteiger partial charge in [-0.2, -0.15) is 0 Å². The molecule has 0 aliphatic heterocycles. The van der Waals surface area contributed by atoms with Crippen molar-refractivity contribution in [2.45, 2.75) is 58.0 Å². The second-order valence-electron chi connectivity index (χ2n) is 10.2. The Labute approximate surface area is 225 Å². The van der Waals surface area contributed by atoms with Gasteiger partial charge in [0.05, 0.1) is 12.9 Å². The van der Waals surface area contributed by atoms with E-state index in [1.807, 2.05) is 107 Å². The molecule has 0 heterocycles. The summed E-state index contributed by atoms with van der Waals surface area (Å²) < 4.78 is 5.24. The zero-order valence-electron chi connectivity index (χ0n) is 22.5. The number of nitrogens with one attached hydrogen (secondary N) is 1. The third kappa shape index (κ3) is 8.97. The number of thioether (sulfide) groups is 1. The van der Waals surface area contributed by atoms with Crippen LogP contribution in [-0.4, -0.2) is 41.2 Å². The molecule has 3 rings (SSSR count). The second-order valence-corrected chi connectivity index (χ2v) is 11.2. The quantitative estimate of drug-likeness (QED) is 0.349. The number of hydrogen-bond acceptors (Lipinski definition) is 4. The van der Waals surface area contributed by atoms with Gasteiger partial charge < -0.3 is 15.0 Å². The third-order valence-corrected chi connectivity index (χ3v) is 7.01. The first kappa shape index (κ1) is 28.3. The molecular weight excluding hydrogens is 480 g/mol. The second kappa shape index (κ2) is 13.3. The molecule has 196 valence electrons. The molecule has 0 aliphatic carbocycles. The first-order valence-electron chi connectivity index (χ1n) is 12.6. The number of aryl methyl sites for hydroxylation is 1. The molecule has 0 unspecified atom stereocenters. The molecule has 0 fully saturated rings. The van der Waals surface area contributed by atoms with Crippen LogP contribution in [0.4, 0.5) is 0 Å². The number of benzene rings is 3. The van der Waals surface area contributed by atoms with E-state index in [-0.39, 0.29) is 17.6 Å². The molecule has 0 saturated carbocycles. The molecule has 5 nitrogen and oxygen atoms in total. The number of amides is 2. The topological polar surface area (TPSA) is 58.6 Å². The fourth-order valence-electron chi connectivity index (χ4n) is 4.04. The fraction of sp³-hybridized carbons (Fsp3) is 0.355. The van der Waals surface area contributed by atoms with Gasteiger partial charge in [-0.1, -0.05) is 66.7 Å². The first-order chi connectivity index (χ1) is 17.7. The van der Waals surface area contributed by atoms with Crippen LogP contribution in [0.2, 0.25) is 0 Å². The summed E-state index contributed by atoms with van der Waals surface area (Å²) in [6.07, 6.45) is 0.448. The van der Waals surface area contributed by atoms with E-state index < -0.39 is 11.6 Å². The lowest BCUT2D eigenvalue weighted by Gasteiger charge is -2.34. The van der Waals surface area contributed by atoms with Gasteiger partial charge in [-0.25, -0.2) is 0 Å². The minimum absolute atomic E-state index is 0.0493. The fourth-order valence-corrected chi connectivity index (χ4v) is 4.91. The summed E-state index contributed by atoms with van der Waals surface area (Å²) in [4.78, 5) is 29.1. The molecule has 0 aliphatic rings. The van der Waals surface area contributed by atoms with Crippen molar-refractivity contribution in [3.05, 3.63) is 101 Å². The highest BCUT2D eigenvalue weighted by molar-refractivity contribution is 7.99. The standard InChI is InChI=1S/C31H38N2O3S/c1-23-11-9-10-14-26(23)20-33(29(34)22-37-21-25-15-17-27(36-5)18-16-25)28(30(35)32-31(2,3)4)19-24-12-7-6-8-13-24/h6-18,28H,19-22H2,1-5H3,(H,32,35)/t28-/m1/s1. The highest BCUT2D eigenvalue weighted by atomic mass is 32.2. The van der Waals surface area contributed by atoms with Crippen molar-refractivity contribution in [1.82, 2.24) is 10.2 Å². The largest absolute Gasteiger partial charge is 0.497 e. The predicted octanol–water partition coefficient (Wildman–Crippen LogP) is 5.79. The molecule has 0 radical (unpaired) electrons. The van der Waals surface area contributed by atoms with E-state index in [1.165, 1.54) is 0 Å². The minimum Gasteiger partial charge on any atom is -0.497 e. The number of hydrogen-bond donors (Lipinski definition) is 1. The molecule has 1 N–H and O–H groups in total. The molecule has 6 heteroatoms. The lowest BCUT2D eigenvalue weighted by molar-refractivity contribution is -0.140. The number of rotatable bonds is 11. The van der Waals surface area contributed by atoms with Gasteiger partial charge in [-0.15, -0.1) is 11.8 Å². The van der Waals surface area contributed by atoms with Gasteiger partial charge in [0.2, 0.25) is 11.8 Å². The Hall–Kier alpha value is -3.25. The lowest BCUT2D eigenvalue weighted by atomic mass is 10.00. The van der Waals surface area contributed by atoms with E-state index in [1.54, 1.807) is 23.8 Å². The van der Waals surface area contributed by atoms with Gasteiger partial charge in [-0.05, 0) is 62.1 Å². The number of carbonyl (C=O) groups is 2. The maximum absolute atomic E-state index is 13.8. The summed E-state index contributed by atoms with van der Waals surface area (Å²) >= 11 is 1.56. The summed E-state index contributed by atoms with van der Waals surface area (Å²) in [6, 6.07) is 25.2. The monoisotopic (exact) mass is 518 g/mol. The van der Waals surface area contributed by atoms with Gasteiger partial charge in [0.25, 0.3) is 0 Å². The van der Waals surface area contributed by atoms with E-state index in [0.29, 0.717) is 18.7 Å². The zero-order valence-corrected chi connectivity index (χ0v) is 23.3. The Bertz CT molecular complexity index is 1160. The van der Waals surface area contributed by atoms with Crippen LogP contribution < -0.4 is 10.1 Å². The van der Waals surface area contributed by atoms with Crippen LogP contribution in [0.25, 0.3) is 0 Å². The average molecular weight is 519 g/mol. The highest BCUT2D eigenvalue weighted by Gasteiger charge is 2.32. The Balaban J connectivity index is 1.85. The van der Waals surface area contributed by atoms with E-state index in [2.05, 4.69) is 5.32 Å². The molecule has 1 atom stereocenters. The van der Waals surface area contributed by atoms with Crippen LogP contribution in [0.5, 0.6) is 5.75 Å². The van der Waals surface area contributed by atoms with Crippen molar-refractivity contribution in [2.75, 3.05) is 12.9 Å². The van der Waals surface area contributed by atoms with Crippen LogP contribution >= 0.6 is 11.8 Å². The summed E-state index contributed by atoms with van der Waals surface area (Å²) in [7, 11) is 1.65. The van der Waals surface area contributed by atoms with Crippen LogP contribution in [0.1, 0.15) is 43.0 Å². The van der Waals surface area contributed by atoms with E-state index in [4.69, 9.17) is 4.74 Å². The van der Waals surface area contributed by atoms with Crippen molar-refractivity contribution in [3.8, 4) is 5.75 Å². The molecule has 0 spiro atoms. The number of methoxy groups -OCH3 is 1. The van der Waals surface area contributed by atoms with Gasteiger partial charge >= 0.3 is 0 Å². The van der Waals surface area contributed by atoms with Crippen LogP contribution in [0, 0.1) is 6.92 Å². The van der Waals surface area contributed by atoms with Gasteiger partial charge in [-0.3, -0.25) is 9.59 Å². The first-order valence-corrected chi connectivity index (χ1v) is 13.7. The van der Waals surface area contributed by atoms with E-state index in [0.717, 1.165) is 28.0 Å². The van der Waals surface area contributed by atoms with Gasteiger partial charge in [0, 0.05) is 24.3 Å². The smallest absolute Gasteiger partial charge is 0.243 e. The number of nitrogens with zero attached hydrogens (tertiary/aromatic N) is 1. The average Bonchev–Trinajstić information content (AvgIpc) is 2.87. The van der Waals surface area contributed by atoms with Crippen molar-refractivity contribution in [2.24, 2.45) is 0 Å². The maximum Gasteiger partial charge on any atom is 0.243 e. The van der Waals surface area contributed by atoms with Crippen molar-refractivity contribution >= 4 is 23.6 Å². The SMILES string of the molecule is COc1ccc(CSCC(=O)N(Cc2ccccc2C)[C@H](Cc2ccccc2)C(=O)NC(C)(C)C)cc1. The summed E-state index contributed by atoms with van der Waals surface area (Å²) in [6.45, 7) is 8.30. The molecule has 3 aromatic rings. The van der Waals surface area contributed by atoms with Crippen molar-refractivity contribution < 1.29 is 14.3 Å². The van der Waals surface area contributed by atoms with Crippen LogP contribution in [0.3, 0.4) is 0 Å². The zero-order chi connectivity index (χ0) is 26.8. The molecule has 3 aromatic carbocycles. The maximum atomic E-state index is 13.8. The molecule has 0 aromatic heterocycles. The van der Waals surface area contributed by atoms with Crippen LogP contribution in [-0.2, 0) is 28.3 Å². The Kier molecular flexibility index (Phi) is 10.2. The lowest BCUT2D eigenvalue weighted by Crippen LogP contribution is -2.54. The van der Waals surface area contributed by atoms with Gasteiger partial charge in [0.1, 0.15) is 11.8 Å². The molecule has 0 saturated heterocycles. The Morgan fingerprint density at radius 3 is 2.19 bits per heavy atom. The van der Waals surface area contributed by atoms with Crippen LogP contribution in [0.15, 0.2) is 78.9 Å². The number of ether oxygens (including phenoxy) is 1. The molecule has 0 bridgehead atoms. The third-order valence-electron chi connectivity index (χ3n) is 6.02. The van der Waals surface area contributed by atoms with Crippen molar-refractivity contribution in [3.63, 3.8) is 0 Å². The minimum atomic E-state index is -0.629. The predicted molar refractivity (Wildman–Crippen MR) is 153 cm³/mol. The number of carbonyl (C=O) groups excluding carboxylic acids is 2. The van der Waals surface area contributed by atoms with Crippen molar-refractivity contribution in [1.29, 1.82) is 0 Å². The Morgan fingerprint density at radius 2 is 1.57 bits per heavy atom. The summed E-state index contributed by atoms with van der Waals surface area (Å²) in [5, 5.41) is 3.12. The molecule has 37 heavy (non-hydrogen) atoms. The normalized spacial score (nSPS) is 12.0. The Morgan fingerprint density at radius 1 is 0.919 bits per heavy atom. The summed E-state index contributed by atoms with van der Waals surface area (Å²) in [5.41, 5.74) is 3.87. The summed E-state index contributed by atoms with van der Waals surface area (Å²) in [5.74, 6) is 1.60. The molecule has 2 amide bonds. The van der Waals surface area contributed by atoms with E-state index >= 15 is 0 Å². The molecular formula is C31H38N2O3S. The van der Waals surface area contributed by atoms with Gasteiger partial charge in [0.15, 0.2) is 0 Å². The highest BCUT2D eigenvalue weighted by Crippen LogP contribution is 2.21.